The Kier molecular flexibility index (Phi) is 3.99. The van der Waals surface area contributed by atoms with Crippen molar-refractivity contribution in [3.8, 4) is 5.69 Å². The predicted octanol–water partition coefficient (Wildman–Crippen LogP) is 10.6. The van der Waals surface area contributed by atoms with Crippen LogP contribution in [0.2, 0.25) is 0 Å². The maximum Gasteiger partial charge on any atom is 0.0720 e. The third kappa shape index (κ3) is 2.55. The first-order chi connectivity index (χ1) is 18.9. The van der Waals surface area contributed by atoms with E-state index in [1.54, 1.807) is 0 Å². The van der Waals surface area contributed by atoms with Crippen molar-refractivity contribution in [3.05, 3.63) is 127 Å². The number of aromatic nitrogens is 1. The Morgan fingerprint density at radius 2 is 1.00 bits per heavy atom. The summed E-state index contributed by atoms with van der Waals surface area (Å²) in [4.78, 5) is 0. The van der Waals surface area contributed by atoms with E-state index in [1.165, 1.54) is 80.0 Å². The van der Waals surface area contributed by atoms with Gasteiger partial charge in [0, 0.05) is 37.0 Å². The summed E-state index contributed by atoms with van der Waals surface area (Å²) in [6.45, 7) is 0. The highest BCUT2D eigenvalue weighted by Crippen LogP contribution is 2.48. The Morgan fingerprint density at radius 3 is 1.84 bits per heavy atom. The van der Waals surface area contributed by atoms with E-state index in [-0.39, 0.29) is 0 Å². The quantitative estimate of drug-likeness (QED) is 0.198. The molecule has 9 rings (SSSR count). The van der Waals surface area contributed by atoms with Crippen molar-refractivity contribution in [2.75, 3.05) is 0 Å². The fourth-order valence-electron chi connectivity index (χ4n) is 6.57. The van der Waals surface area contributed by atoms with Crippen LogP contribution in [-0.4, -0.2) is 4.57 Å². The van der Waals surface area contributed by atoms with Gasteiger partial charge in [0.25, 0.3) is 0 Å². The van der Waals surface area contributed by atoms with Crippen LogP contribution in [0.4, 0.5) is 0 Å². The van der Waals surface area contributed by atoms with Gasteiger partial charge in [0.05, 0.1) is 21.4 Å². The van der Waals surface area contributed by atoms with E-state index in [0.717, 1.165) is 0 Å². The summed E-state index contributed by atoms with van der Waals surface area (Å²) in [6, 6.07) is 46.7. The molecule has 0 unspecified atom stereocenters. The van der Waals surface area contributed by atoms with Crippen LogP contribution in [0.3, 0.4) is 0 Å². The van der Waals surface area contributed by atoms with E-state index >= 15 is 0 Å². The predicted molar refractivity (Wildman–Crippen MR) is 166 cm³/mol. The van der Waals surface area contributed by atoms with Crippen LogP contribution in [0.25, 0.3) is 80.0 Å². The van der Waals surface area contributed by atoms with Crippen LogP contribution >= 0.6 is 11.3 Å². The molecule has 0 bridgehead atoms. The van der Waals surface area contributed by atoms with E-state index in [4.69, 9.17) is 0 Å². The molecule has 0 N–H and O–H groups in total. The summed E-state index contributed by atoms with van der Waals surface area (Å²) in [5, 5.41) is 13.2. The highest BCUT2D eigenvalue weighted by Gasteiger charge is 2.20. The zero-order chi connectivity index (χ0) is 24.8. The molecule has 2 heterocycles. The molecule has 0 amide bonds. The van der Waals surface area contributed by atoms with Crippen LogP contribution in [0.5, 0.6) is 0 Å². The summed E-state index contributed by atoms with van der Waals surface area (Å²) < 4.78 is 5.23. The van der Waals surface area contributed by atoms with Crippen LogP contribution in [0.1, 0.15) is 0 Å². The Labute approximate surface area is 222 Å². The fourth-order valence-corrected chi connectivity index (χ4v) is 7.96. The first-order valence-corrected chi connectivity index (χ1v) is 13.9. The summed E-state index contributed by atoms with van der Waals surface area (Å²) in [5.74, 6) is 0. The molecule has 2 heteroatoms. The number of hydrogen-bond acceptors (Lipinski definition) is 1. The molecule has 7 aromatic carbocycles. The summed E-state index contributed by atoms with van der Waals surface area (Å²) in [6.07, 6.45) is 0. The van der Waals surface area contributed by atoms with Crippen molar-refractivity contribution in [2.45, 2.75) is 0 Å². The summed E-state index contributed by atoms with van der Waals surface area (Å²) >= 11 is 1.94. The molecule has 0 fully saturated rings. The van der Waals surface area contributed by atoms with Crippen molar-refractivity contribution < 1.29 is 0 Å². The van der Waals surface area contributed by atoms with E-state index in [0.29, 0.717) is 0 Å². The third-order valence-electron chi connectivity index (χ3n) is 8.16. The van der Waals surface area contributed by atoms with E-state index in [9.17, 15) is 0 Å². The van der Waals surface area contributed by atoms with Crippen molar-refractivity contribution in [3.63, 3.8) is 0 Å². The van der Waals surface area contributed by atoms with Crippen LogP contribution in [0.15, 0.2) is 127 Å². The largest absolute Gasteiger partial charge is 0.307 e. The molecule has 0 aliphatic heterocycles. The van der Waals surface area contributed by atoms with Gasteiger partial charge >= 0.3 is 0 Å². The molecule has 0 aliphatic carbocycles. The van der Waals surface area contributed by atoms with E-state index in [1.807, 2.05) is 11.3 Å². The molecule has 38 heavy (non-hydrogen) atoms. The monoisotopic (exact) mass is 499 g/mol. The summed E-state index contributed by atoms with van der Waals surface area (Å²) in [7, 11) is 0. The first-order valence-electron chi connectivity index (χ1n) is 13.0. The summed E-state index contributed by atoms with van der Waals surface area (Å²) in [5.41, 5.74) is 3.78. The molecular formula is C36H21NS. The van der Waals surface area contributed by atoms with Crippen LogP contribution < -0.4 is 0 Å². The lowest BCUT2D eigenvalue weighted by Gasteiger charge is -2.12. The number of thiophene rings is 1. The van der Waals surface area contributed by atoms with Gasteiger partial charge < -0.3 is 4.57 Å². The average Bonchev–Trinajstić information content (AvgIpc) is 3.54. The minimum Gasteiger partial charge on any atom is -0.307 e. The third-order valence-corrected chi connectivity index (χ3v) is 9.40. The molecule has 0 radical (unpaired) electrons. The Hall–Kier alpha value is -4.66. The van der Waals surface area contributed by atoms with Gasteiger partial charge in [-0.15, -0.1) is 11.3 Å². The van der Waals surface area contributed by atoms with E-state index in [2.05, 4.69) is 132 Å². The van der Waals surface area contributed by atoms with Crippen LogP contribution in [0, 0.1) is 0 Å². The van der Waals surface area contributed by atoms with Crippen molar-refractivity contribution in [2.24, 2.45) is 0 Å². The van der Waals surface area contributed by atoms with Crippen molar-refractivity contribution >= 4 is 85.6 Å². The lowest BCUT2D eigenvalue weighted by atomic mass is 9.97. The standard InChI is InChI=1S/C36H21NS/c1-2-12-23-22(10-1)11-9-19-31(23)37-32-18-8-7-15-26(32)28-20-21-30-33-27-16-5-3-13-24(27)25-14-4-6-17-29(25)35(33)38-36(30)34(28)37/h1-21H. The zero-order valence-electron chi connectivity index (χ0n) is 20.5. The second-order valence-corrected chi connectivity index (χ2v) is 11.1. The van der Waals surface area contributed by atoms with Crippen molar-refractivity contribution in [1.82, 2.24) is 4.57 Å². The lowest BCUT2D eigenvalue weighted by molar-refractivity contribution is 1.21. The number of rotatable bonds is 1. The second-order valence-electron chi connectivity index (χ2n) is 10.1. The highest BCUT2D eigenvalue weighted by molar-refractivity contribution is 7.27. The molecule has 0 atom stereocenters. The normalized spacial score (nSPS) is 12.2. The smallest absolute Gasteiger partial charge is 0.0720 e. The van der Waals surface area contributed by atoms with Gasteiger partial charge in [0.2, 0.25) is 0 Å². The highest BCUT2D eigenvalue weighted by atomic mass is 32.1. The molecule has 2 aromatic heterocycles. The zero-order valence-corrected chi connectivity index (χ0v) is 21.3. The average molecular weight is 500 g/mol. The van der Waals surface area contributed by atoms with Gasteiger partial charge in [-0.3, -0.25) is 0 Å². The van der Waals surface area contributed by atoms with E-state index < -0.39 is 0 Å². The minimum atomic E-state index is 1.23. The Balaban J connectivity index is 1.57. The maximum atomic E-state index is 2.51. The second kappa shape index (κ2) is 7.44. The fraction of sp³-hybridized carbons (Fsp3) is 0. The topological polar surface area (TPSA) is 4.93 Å². The first kappa shape index (κ1) is 20.4. The van der Waals surface area contributed by atoms with Gasteiger partial charge in [0.15, 0.2) is 0 Å². The van der Waals surface area contributed by atoms with Gasteiger partial charge in [-0.1, -0.05) is 115 Å². The van der Waals surface area contributed by atoms with Gasteiger partial charge in [0.1, 0.15) is 0 Å². The number of hydrogen-bond donors (Lipinski definition) is 0. The molecular weight excluding hydrogens is 478 g/mol. The molecule has 0 saturated carbocycles. The SMILES string of the molecule is c1ccc2c(-n3c4ccccc4c4ccc5c(sc6c7ccccc7c7ccccc7c56)c43)cccc2c1. The van der Waals surface area contributed by atoms with Gasteiger partial charge in [-0.25, -0.2) is 0 Å². The molecule has 9 aromatic rings. The van der Waals surface area contributed by atoms with Crippen LogP contribution in [-0.2, 0) is 0 Å². The number of benzene rings is 7. The number of fused-ring (bicyclic) bond motifs is 13. The molecule has 176 valence electrons. The van der Waals surface area contributed by atoms with Crippen molar-refractivity contribution in [1.29, 1.82) is 0 Å². The Morgan fingerprint density at radius 1 is 0.395 bits per heavy atom. The Bertz CT molecular complexity index is 2400. The molecule has 0 saturated heterocycles. The van der Waals surface area contributed by atoms with Gasteiger partial charge in [-0.05, 0) is 33.7 Å². The lowest BCUT2D eigenvalue weighted by Crippen LogP contribution is -1.95. The molecule has 0 aliphatic rings. The number of nitrogens with zero attached hydrogens (tertiary/aromatic N) is 1. The molecule has 0 spiro atoms. The molecule has 1 nitrogen and oxygen atoms in total. The maximum absolute atomic E-state index is 2.51. The minimum absolute atomic E-state index is 1.23. The number of para-hydroxylation sites is 1. The van der Waals surface area contributed by atoms with Gasteiger partial charge in [-0.2, -0.15) is 0 Å².